The van der Waals surface area contributed by atoms with Gasteiger partial charge in [-0.2, -0.15) is 0 Å². The molecular formula is C28H28IN3O3. The molecule has 0 spiro atoms. The summed E-state index contributed by atoms with van der Waals surface area (Å²) in [4.78, 5) is 17.7. The lowest BCUT2D eigenvalue weighted by Gasteiger charge is -2.15. The number of aromatic nitrogens is 2. The van der Waals surface area contributed by atoms with Crippen LogP contribution in [-0.2, 0) is 13.7 Å². The predicted molar refractivity (Wildman–Crippen MR) is 149 cm³/mol. The normalized spacial score (nSPS) is 11.2. The van der Waals surface area contributed by atoms with Crippen LogP contribution in [0.1, 0.15) is 29.3 Å². The fraction of sp³-hybridized carbons (Fsp3) is 0.214. The maximum Gasteiger partial charge on any atom is 0.297 e. The maximum atomic E-state index is 13.1. The van der Waals surface area contributed by atoms with Gasteiger partial charge in [-0.3, -0.25) is 9.48 Å². The van der Waals surface area contributed by atoms with Gasteiger partial charge in [-0.05, 0) is 78.8 Å². The largest absolute Gasteiger partial charge is 0.490 e. The first-order valence-electron chi connectivity index (χ1n) is 11.4. The quantitative estimate of drug-likeness (QED) is 0.186. The van der Waals surface area contributed by atoms with Crippen LogP contribution >= 0.6 is 22.6 Å². The van der Waals surface area contributed by atoms with Crippen LogP contribution in [0.2, 0.25) is 0 Å². The molecule has 7 heteroatoms. The second-order valence-electron chi connectivity index (χ2n) is 8.21. The maximum absolute atomic E-state index is 13.1. The highest BCUT2D eigenvalue weighted by Gasteiger charge is 2.16. The minimum atomic E-state index is -0.162. The predicted octanol–water partition coefficient (Wildman–Crippen LogP) is 6.13. The number of rotatable bonds is 8. The second-order valence-corrected chi connectivity index (χ2v) is 9.37. The lowest BCUT2D eigenvalue weighted by Crippen LogP contribution is -2.19. The summed E-state index contributed by atoms with van der Waals surface area (Å²) in [6.45, 7) is 6.86. The number of nitrogens with zero attached hydrogens (tertiary/aromatic N) is 3. The van der Waals surface area contributed by atoms with Gasteiger partial charge in [0.2, 0.25) is 0 Å². The van der Waals surface area contributed by atoms with Crippen LogP contribution in [0.3, 0.4) is 0 Å². The van der Waals surface area contributed by atoms with E-state index in [0.717, 1.165) is 26.1 Å². The molecule has 0 radical (unpaired) electrons. The van der Waals surface area contributed by atoms with Gasteiger partial charge in [0.1, 0.15) is 6.61 Å². The molecular weight excluding hydrogens is 553 g/mol. The number of benzene rings is 3. The Morgan fingerprint density at radius 2 is 1.71 bits per heavy atom. The SMILES string of the molecule is CCOc1cc(C=Nc2c(C)n(C)n(-c3ccccc3)c2=O)cc(I)c1OCc1ccc(C)cc1. The van der Waals surface area contributed by atoms with Gasteiger partial charge in [0.05, 0.1) is 21.6 Å². The first-order valence-corrected chi connectivity index (χ1v) is 12.5. The molecule has 4 rings (SSSR count). The highest BCUT2D eigenvalue weighted by Crippen LogP contribution is 2.34. The molecule has 180 valence electrons. The molecule has 35 heavy (non-hydrogen) atoms. The fourth-order valence-corrected chi connectivity index (χ4v) is 4.53. The van der Waals surface area contributed by atoms with E-state index in [-0.39, 0.29) is 5.56 Å². The van der Waals surface area contributed by atoms with Gasteiger partial charge in [0.25, 0.3) is 5.56 Å². The summed E-state index contributed by atoms with van der Waals surface area (Å²) in [6, 6.07) is 21.7. The number of aliphatic imine (C=N–C) groups is 1. The van der Waals surface area contributed by atoms with E-state index < -0.39 is 0 Å². The molecule has 0 atom stereocenters. The summed E-state index contributed by atoms with van der Waals surface area (Å²) in [5.74, 6) is 1.35. The molecule has 0 saturated carbocycles. The zero-order valence-electron chi connectivity index (χ0n) is 20.3. The number of hydrogen-bond donors (Lipinski definition) is 0. The Balaban J connectivity index is 1.63. The summed E-state index contributed by atoms with van der Waals surface area (Å²) in [6.07, 6.45) is 1.70. The summed E-state index contributed by atoms with van der Waals surface area (Å²) in [7, 11) is 1.86. The summed E-state index contributed by atoms with van der Waals surface area (Å²) < 4.78 is 16.4. The zero-order valence-corrected chi connectivity index (χ0v) is 22.4. The Hall–Kier alpha value is -3.33. The average molecular weight is 581 g/mol. The Morgan fingerprint density at radius 3 is 2.40 bits per heavy atom. The topological polar surface area (TPSA) is 57.8 Å². The minimum Gasteiger partial charge on any atom is -0.490 e. The third kappa shape index (κ3) is 5.51. The number of hydrogen-bond acceptors (Lipinski definition) is 4. The molecule has 0 aliphatic carbocycles. The van der Waals surface area contributed by atoms with E-state index in [9.17, 15) is 4.79 Å². The number of halogens is 1. The third-order valence-corrected chi connectivity index (χ3v) is 6.50. The van der Waals surface area contributed by atoms with E-state index in [0.29, 0.717) is 30.4 Å². The Labute approximate surface area is 219 Å². The smallest absolute Gasteiger partial charge is 0.297 e. The molecule has 3 aromatic carbocycles. The van der Waals surface area contributed by atoms with E-state index in [1.54, 1.807) is 10.9 Å². The van der Waals surface area contributed by atoms with Gasteiger partial charge < -0.3 is 9.47 Å². The van der Waals surface area contributed by atoms with Crippen molar-refractivity contribution in [3.8, 4) is 17.2 Å². The van der Waals surface area contributed by atoms with Crippen LogP contribution in [0, 0.1) is 17.4 Å². The van der Waals surface area contributed by atoms with Crippen molar-refractivity contribution in [2.45, 2.75) is 27.4 Å². The summed E-state index contributed by atoms with van der Waals surface area (Å²) in [5.41, 5.74) is 4.96. The lowest BCUT2D eigenvalue weighted by atomic mass is 10.1. The van der Waals surface area contributed by atoms with Crippen LogP contribution in [0.5, 0.6) is 11.5 Å². The van der Waals surface area contributed by atoms with Crippen LogP contribution in [0.15, 0.2) is 76.5 Å². The molecule has 0 amide bonds. The van der Waals surface area contributed by atoms with Crippen molar-refractivity contribution in [2.75, 3.05) is 6.61 Å². The van der Waals surface area contributed by atoms with Crippen molar-refractivity contribution in [3.63, 3.8) is 0 Å². The van der Waals surface area contributed by atoms with Crippen molar-refractivity contribution in [3.05, 3.63) is 103 Å². The minimum absolute atomic E-state index is 0.162. The van der Waals surface area contributed by atoms with Crippen molar-refractivity contribution < 1.29 is 9.47 Å². The van der Waals surface area contributed by atoms with E-state index >= 15 is 0 Å². The zero-order chi connectivity index (χ0) is 24.9. The monoisotopic (exact) mass is 581 g/mol. The highest BCUT2D eigenvalue weighted by atomic mass is 127. The second kappa shape index (κ2) is 10.9. The third-order valence-electron chi connectivity index (χ3n) is 5.70. The van der Waals surface area contributed by atoms with Crippen LogP contribution in [-0.4, -0.2) is 22.2 Å². The summed E-state index contributed by atoms with van der Waals surface area (Å²) in [5, 5.41) is 0. The van der Waals surface area contributed by atoms with Gasteiger partial charge in [0.15, 0.2) is 17.2 Å². The van der Waals surface area contributed by atoms with Crippen molar-refractivity contribution in [1.82, 2.24) is 9.36 Å². The molecule has 0 N–H and O–H groups in total. The molecule has 1 aromatic heterocycles. The van der Waals surface area contributed by atoms with Crippen LogP contribution < -0.4 is 15.0 Å². The molecule has 0 bridgehead atoms. The molecule has 0 aliphatic heterocycles. The lowest BCUT2D eigenvalue weighted by molar-refractivity contribution is 0.267. The van der Waals surface area contributed by atoms with Crippen molar-refractivity contribution >= 4 is 34.5 Å². The molecule has 0 saturated heterocycles. The van der Waals surface area contributed by atoms with Gasteiger partial charge in [-0.25, -0.2) is 9.67 Å². The molecule has 0 fully saturated rings. The molecule has 4 aromatic rings. The Kier molecular flexibility index (Phi) is 7.75. The molecule has 6 nitrogen and oxygen atoms in total. The van der Waals surface area contributed by atoms with Gasteiger partial charge >= 0.3 is 0 Å². The van der Waals surface area contributed by atoms with E-state index in [2.05, 4.69) is 58.8 Å². The Bertz CT molecular complexity index is 1400. The Morgan fingerprint density at radius 1 is 1.00 bits per heavy atom. The van der Waals surface area contributed by atoms with Gasteiger partial charge in [-0.1, -0.05) is 48.0 Å². The van der Waals surface area contributed by atoms with Crippen LogP contribution in [0.25, 0.3) is 5.69 Å². The van der Waals surface area contributed by atoms with Crippen molar-refractivity contribution in [2.24, 2.45) is 12.0 Å². The fourth-order valence-electron chi connectivity index (χ4n) is 3.75. The first-order chi connectivity index (χ1) is 16.9. The highest BCUT2D eigenvalue weighted by molar-refractivity contribution is 14.1. The standard InChI is InChI=1S/C28H28IN3O3/c1-5-34-25-16-22(15-24(29)27(25)35-18-21-13-11-19(2)12-14-21)17-30-26-20(3)31(4)32(28(26)33)23-9-7-6-8-10-23/h6-17H,5,18H2,1-4H3. The van der Waals surface area contributed by atoms with Crippen LogP contribution in [0.4, 0.5) is 5.69 Å². The number of ether oxygens (including phenoxy) is 2. The first kappa shape index (κ1) is 24.8. The molecule has 0 unspecified atom stereocenters. The van der Waals surface area contributed by atoms with Gasteiger partial charge in [0, 0.05) is 13.3 Å². The van der Waals surface area contributed by atoms with E-state index in [1.165, 1.54) is 5.56 Å². The van der Waals surface area contributed by atoms with Gasteiger partial charge in [-0.15, -0.1) is 0 Å². The van der Waals surface area contributed by atoms with E-state index in [1.807, 2.05) is 68.0 Å². The molecule has 0 aliphatic rings. The van der Waals surface area contributed by atoms with E-state index in [4.69, 9.17) is 9.47 Å². The number of aryl methyl sites for hydroxylation is 1. The number of para-hydroxylation sites is 1. The molecule has 1 heterocycles. The van der Waals surface area contributed by atoms with Crippen molar-refractivity contribution in [1.29, 1.82) is 0 Å². The summed E-state index contributed by atoms with van der Waals surface area (Å²) >= 11 is 2.25. The average Bonchev–Trinajstić information content (AvgIpc) is 3.06.